The summed E-state index contributed by atoms with van der Waals surface area (Å²) in [5.41, 5.74) is 0. The largest absolute Gasteiger partial charge is 0.327 e. The first-order chi connectivity index (χ1) is 7.27. The van der Waals surface area contributed by atoms with Crippen LogP contribution in [0.25, 0.3) is 0 Å². The third kappa shape index (κ3) is 2.56. The monoisotopic (exact) mass is 224 g/mol. The fraction of sp³-hybridized carbons (Fsp3) is 0.636. The van der Waals surface area contributed by atoms with Crippen LogP contribution in [0.5, 0.6) is 0 Å². The number of nitrogens with zero attached hydrogens (tertiary/aromatic N) is 2. The molecule has 4 heteroatoms. The van der Waals surface area contributed by atoms with Gasteiger partial charge in [-0.05, 0) is 12.8 Å². The van der Waals surface area contributed by atoms with E-state index in [1.807, 2.05) is 23.2 Å². The summed E-state index contributed by atoms with van der Waals surface area (Å²) in [6.07, 6.45) is 7.62. The van der Waals surface area contributed by atoms with Crippen molar-refractivity contribution in [2.45, 2.75) is 32.1 Å². The lowest BCUT2D eigenvalue weighted by atomic mass is 9.89. The van der Waals surface area contributed by atoms with Gasteiger partial charge in [-0.25, -0.2) is 0 Å². The van der Waals surface area contributed by atoms with Gasteiger partial charge in [-0.1, -0.05) is 19.3 Å². The number of aromatic nitrogens is 1. The fourth-order valence-corrected chi connectivity index (χ4v) is 2.70. The van der Waals surface area contributed by atoms with E-state index in [-0.39, 0.29) is 11.8 Å². The summed E-state index contributed by atoms with van der Waals surface area (Å²) in [7, 11) is 1.92. The number of carbonyl (C=O) groups is 1. The van der Waals surface area contributed by atoms with E-state index in [2.05, 4.69) is 4.99 Å². The first-order valence-electron chi connectivity index (χ1n) is 5.46. The van der Waals surface area contributed by atoms with Gasteiger partial charge in [-0.3, -0.25) is 4.79 Å². The Kier molecular flexibility index (Phi) is 3.36. The molecule has 2 rings (SSSR count). The van der Waals surface area contributed by atoms with Crippen LogP contribution >= 0.6 is 11.3 Å². The second-order valence-electron chi connectivity index (χ2n) is 4.08. The second-order valence-corrected chi connectivity index (χ2v) is 4.95. The highest BCUT2D eigenvalue weighted by atomic mass is 32.1. The molecule has 15 heavy (non-hydrogen) atoms. The molecular formula is C11H16N2OS. The van der Waals surface area contributed by atoms with Gasteiger partial charge >= 0.3 is 0 Å². The van der Waals surface area contributed by atoms with Crippen LogP contribution in [0.2, 0.25) is 0 Å². The van der Waals surface area contributed by atoms with Crippen molar-refractivity contribution in [3.63, 3.8) is 0 Å². The van der Waals surface area contributed by atoms with Gasteiger partial charge in [0.25, 0.3) is 5.91 Å². The van der Waals surface area contributed by atoms with E-state index in [0.717, 1.165) is 17.6 Å². The molecule has 1 amide bonds. The van der Waals surface area contributed by atoms with Gasteiger partial charge in [0.2, 0.25) is 0 Å². The molecule has 0 atom stereocenters. The number of hydrogen-bond donors (Lipinski definition) is 0. The first-order valence-corrected chi connectivity index (χ1v) is 6.34. The van der Waals surface area contributed by atoms with Crippen molar-refractivity contribution < 1.29 is 4.79 Å². The van der Waals surface area contributed by atoms with E-state index < -0.39 is 0 Å². The lowest BCUT2D eigenvalue weighted by Crippen LogP contribution is -2.20. The highest BCUT2D eigenvalue weighted by Gasteiger charge is 2.20. The van der Waals surface area contributed by atoms with Crippen molar-refractivity contribution in [3.05, 3.63) is 16.4 Å². The molecule has 82 valence electrons. The molecule has 1 aliphatic rings. The molecule has 1 aliphatic carbocycles. The van der Waals surface area contributed by atoms with Crippen molar-refractivity contribution >= 4 is 17.2 Å². The van der Waals surface area contributed by atoms with E-state index in [0.29, 0.717) is 0 Å². The summed E-state index contributed by atoms with van der Waals surface area (Å²) in [5, 5.41) is 1.95. The Balaban J connectivity index is 2.12. The molecule has 1 saturated carbocycles. The van der Waals surface area contributed by atoms with E-state index in [4.69, 9.17) is 0 Å². The number of aryl methyl sites for hydroxylation is 1. The van der Waals surface area contributed by atoms with Crippen LogP contribution in [-0.4, -0.2) is 10.5 Å². The van der Waals surface area contributed by atoms with Gasteiger partial charge in [0, 0.05) is 24.5 Å². The fourth-order valence-electron chi connectivity index (χ4n) is 1.97. The highest BCUT2D eigenvalue weighted by molar-refractivity contribution is 7.07. The Labute approximate surface area is 93.5 Å². The molecule has 1 heterocycles. The molecule has 0 unspecified atom stereocenters. The number of carbonyl (C=O) groups excluding carboxylic acids is 1. The van der Waals surface area contributed by atoms with E-state index in [9.17, 15) is 4.79 Å². The van der Waals surface area contributed by atoms with Gasteiger partial charge in [-0.15, -0.1) is 11.3 Å². The summed E-state index contributed by atoms with van der Waals surface area (Å²) >= 11 is 1.52. The molecule has 1 aromatic rings. The molecule has 0 radical (unpaired) electrons. The van der Waals surface area contributed by atoms with Crippen molar-refractivity contribution in [1.29, 1.82) is 0 Å². The van der Waals surface area contributed by atoms with Gasteiger partial charge in [0.05, 0.1) is 0 Å². The van der Waals surface area contributed by atoms with Crippen molar-refractivity contribution in [2.75, 3.05) is 0 Å². The maximum atomic E-state index is 11.8. The topological polar surface area (TPSA) is 34.4 Å². The van der Waals surface area contributed by atoms with Crippen LogP contribution in [0.1, 0.15) is 32.1 Å². The van der Waals surface area contributed by atoms with Gasteiger partial charge in [0.1, 0.15) is 0 Å². The Morgan fingerprint density at radius 3 is 2.80 bits per heavy atom. The number of thiazole rings is 1. The molecule has 0 spiro atoms. The minimum atomic E-state index is 0.0766. The molecule has 1 aromatic heterocycles. The molecular weight excluding hydrogens is 208 g/mol. The van der Waals surface area contributed by atoms with Gasteiger partial charge in [-0.2, -0.15) is 4.99 Å². The van der Waals surface area contributed by atoms with Crippen molar-refractivity contribution in [3.8, 4) is 0 Å². The Bertz CT molecular complexity index is 399. The van der Waals surface area contributed by atoms with Crippen molar-refractivity contribution in [1.82, 2.24) is 4.57 Å². The lowest BCUT2D eigenvalue weighted by Gasteiger charge is -2.17. The SMILES string of the molecule is Cn1ccsc1=NC(=O)C1CCCCC1. The molecule has 0 N–H and O–H groups in total. The molecule has 0 aliphatic heterocycles. The standard InChI is InChI=1S/C11H16N2OS/c1-13-7-8-15-11(13)12-10(14)9-5-3-2-4-6-9/h7-9H,2-6H2,1H3. The smallest absolute Gasteiger partial charge is 0.251 e. The maximum Gasteiger partial charge on any atom is 0.251 e. The highest BCUT2D eigenvalue weighted by Crippen LogP contribution is 2.24. The predicted molar refractivity (Wildman–Crippen MR) is 60.4 cm³/mol. The Morgan fingerprint density at radius 1 is 1.47 bits per heavy atom. The minimum Gasteiger partial charge on any atom is -0.327 e. The Morgan fingerprint density at radius 2 is 2.20 bits per heavy atom. The first kappa shape index (κ1) is 10.6. The van der Waals surface area contributed by atoms with Crippen LogP contribution < -0.4 is 4.80 Å². The maximum absolute atomic E-state index is 11.8. The van der Waals surface area contributed by atoms with Crippen LogP contribution in [-0.2, 0) is 11.8 Å². The minimum absolute atomic E-state index is 0.0766. The van der Waals surface area contributed by atoms with Gasteiger partial charge < -0.3 is 4.57 Å². The number of rotatable bonds is 1. The third-order valence-corrected chi connectivity index (χ3v) is 3.77. The summed E-state index contributed by atoms with van der Waals surface area (Å²) in [6.45, 7) is 0. The van der Waals surface area contributed by atoms with E-state index in [1.165, 1.54) is 30.6 Å². The summed E-state index contributed by atoms with van der Waals surface area (Å²) < 4.78 is 1.89. The zero-order chi connectivity index (χ0) is 10.7. The summed E-state index contributed by atoms with van der Waals surface area (Å²) in [6, 6.07) is 0. The number of amides is 1. The Hall–Kier alpha value is -0.900. The summed E-state index contributed by atoms with van der Waals surface area (Å²) in [5.74, 6) is 0.258. The van der Waals surface area contributed by atoms with Crippen LogP contribution in [0, 0.1) is 5.92 Å². The zero-order valence-electron chi connectivity index (χ0n) is 8.98. The number of hydrogen-bond acceptors (Lipinski definition) is 2. The molecule has 0 aromatic carbocycles. The second kappa shape index (κ2) is 4.75. The summed E-state index contributed by atoms with van der Waals surface area (Å²) in [4.78, 5) is 16.8. The quantitative estimate of drug-likeness (QED) is 0.719. The predicted octanol–water partition coefficient (Wildman–Crippen LogP) is 2.09. The lowest BCUT2D eigenvalue weighted by molar-refractivity contribution is -0.122. The molecule has 1 fully saturated rings. The zero-order valence-corrected chi connectivity index (χ0v) is 9.80. The van der Waals surface area contributed by atoms with Gasteiger partial charge in [0.15, 0.2) is 4.80 Å². The normalized spacial score (nSPS) is 19.4. The van der Waals surface area contributed by atoms with Crippen LogP contribution in [0.3, 0.4) is 0 Å². The molecule has 3 nitrogen and oxygen atoms in total. The molecule has 0 bridgehead atoms. The average molecular weight is 224 g/mol. The average Bonchev–Trinajstić information content (AvgIpc) is 2.66. The van der Waals surface area contributed by atoms with Crippen LogP contribution in [0.4, 0.5) is 0 Å². The molecule has 0 saturated heterocycles. The van der Waals surface area contributed by atoms with E-state index >= 15 is 0 Å². The van der Waals surface area contributed by atoms with E-state index in [1.54, 1.807) is 0 Å². The van der Waals surface area contributed by atoms with Crippen molar-refractivity contribution in [2.24, 2.45) is 18.0 Å². The van der Waals surface area contributed by atoms with Crippen LogP contribution in [0.15, 0.2) is 16.6 Å². The third-order valence-electron chi connectivity index (χ3n) is 2.92.